The Morgan fingerprint density at radius 3 is 1.68 bits per heavy atom. The number of benzene rings is 2. The molecule has 0 aliphatic heterocycles. The summed E-state index contributed by atoms with van der Waals surface area (Å²) in [6, 6.07) is 10.2. The van der Waals surface area contributed by atoms with E-state index >= 15 is 0 Å². The molecule has 2 aromatic carbocycles. The van der Waals surface area contributed by atoms with Crippen LogP contribution < -0.4 is 18.9 Å². The van der Waals surface area contributed by atoms with E-state index in [1.807, 2.05) is 0 Å². The van der Waals surface area contributed by atoms with Crippen LogP contribution in [-0.4, -0.2) is 34.2 Å². The summed E-state index contributed by atoms with van der Waals surface area (Å²) in [6.07, 6.45) is 0. The molecule has 22 heavy (non-hydrogen) atoms. The van der Waals surface area contributed by atoms with Crippen LogP contribution in [0.2, 0.25) is 0 Å². The van der Waals surface area contributed by atoms with E-state index in [0.717, 1.165) is 0 Å². The highest BCUT2D eigenvalue weighted by atomic mass is 16.5. The van der Waals surface area contributed by atoms with Gasteiger partial charge in [0.15, 0.2) is 17.3 Å². The predicted octanol–water partition coefficient (Wildman–Crippen LogP) is 2.95. The van der Waals surface area contributed by atoms with Gasteiger partial charge in [-0.3, -0.25) is 4.79 Å². The Labute approximate surface area is 129 Å². The maximum absolute atomic E-state index is 12.6. The molecule has 5 heteroatoms. The van der Waals surface area contributed by atoms with Gasteiger partial charge in [-0.2, -0.15) is 0 Å². The molecule has 5 nitrogen and oxygen atoms in total. The third-order valence-electron chi connectivity index (χ3n) is 3.28. The summed E-state index contributed by atoms with van der Waals surface area (Å²) >= 11 is 0. The Morgan fingerprint density at radius 2 is 1.27 bits per heavy atom. The summed E-state index contributed by atoms with van der Waals surface area (Å²) in [5, 5.41) is 0. The van der Waals surface area contributed by atoms with Crippen LogP contribution in [0.4, 0.5) is 0 Å². The number of rotatable bonds is 6. The highest BCUT2D eigenvalue weighted by Gasteiger charge is 2.18. The smallest absolute Gasteiger partial charge is 0.203 e. The topological polar surface area (TPSA) is 54.0 Å². The van der Waals surface area contributed by atoms with E-state index in [1.165, 1.54) is 21.3 Å². The Hall–Kier alpha value is -2.69. The maximum Gasteiger partial charge on any atom is 0.203 e. The zero-order chi connectivity index (χ0) is 16.1. The quantitative estimate of drug-likeness (QED) is 0.768. The fourth-order valence-electron chi connectivity index (χ4n) is 2.12. The first-order valence-corrected chi connectivity index (χ1v) is 6.63. The number of ketones is 1. The van der Waals surface area contributed by atoms with Gasteiger partial charge in [0.1, 0.15) is 5.75 Å². The molecule has 0 saturated carbocycles. The number of methoxy groups -OCH3 is 4. The average Bonchev–Trinajstić information content (AvgIpc) is 2.59. The van der Waals surface area contributed by atoms with Crippen molar-refractivity contribution in [3.63, 3.8) is 0 Å². The van der Waals surface area contributed by atoms with Gasteiger partial charge >= 0.3 is 0 Å². The lowest BCUT2D eigenvalue weighted by molar-refractivity contribution is 0.103. The number of hydrogen-bond acceptors (Lipinski definition) is 5. The summed E-state index contributed by atoms with van der Waals surface area (Å²) in [4.78, 5) is 12.6. The zero-order valence-electron chi connectivity index (χ0n) is 13.0. The minimum atomic E-state index is -0.137. The molecule has 0 N–H and O–H groups in total. The van der Waals surface area contributed by atoms with Gasteiger partial charge in [-0.25, -0.2) is 0 Å². The lowest BCUT2D eigenvalue weighted by Crippen LogP contribution is -2.04. The van der Waals surface area contributed by atoms with Gasteiger partial charge in [0, 0.05) is 11.1 Å². The van der Waals surface area contributed by atoms with Crippen molar-refractivity contribution in [3.05, 3.63) is 47.5 Å². The van der Waals surface area contributed by atoms with Gasteiger partial charge in [-0.1, -0.05) is 0 Å². The van der Waals surface area contributed by atoms with Crippen molar-refractivity contribution in [2.45, 2.75) is 0 Å². The third-order valence-corrected chi connectivity index (χ3v) is 3.28. The fraction of sp³-hybridized carbons (Fsp3) is 0.235. The first kappa shape index (κ1) is 15.7. The largest absolute Gasteiger partial charge is 0.497 e. The van der Waals surface area contributed by atoms with E-state index in [9.17, 15) is 4.79 Å². The molecule has 0 heterocycles. The van der Waals surface area contributed by atoms with E-state index in [4.69, 9.17) is 18.9 Å². The molecule has 0 aliphatic carbocycles. The van der Waals surface area contributed by atoms with Crippen LogP contribution in [0.1, 0.15) is 15.9 Å². The molecular formula is C17H18O5. The number of hydrogen-bond donors (Lipinski definition) is 0. The second kappa shape index (κ2) is 6.85. The van der Waals surface area contributed by atoms with Crippen LogP contribution in [0.5, 0.6) is 23.0 Å². The lowest BCUT2D eigenvalue weighted by atomic mass is 10.0. The van der Waals surface area contributed by atoms with Crippen LogP contribution in [0.25, 0.3) is 0 Å². The number of carbonyl (C=O) groups is 1. The van der Waals surface area contributed by atoms with Gasteiger partial charge in [-0.05, 0) is 36.4 Å². The molecule has 0 atom stereocenters. The molecule has 2 aromatic rings. The van der Waals surface area contributed by atoms with Crippen LogP contribution in [0.3, 0.4) is 0 Å². The highest BCUT2D eigenvalue weighted by Crippen LogP contribution is 2.38. The predicted molar refractivity (Wildman–Crippen MR) is 82.5 cm³/mol. The first-order valence-electron chi connectivity index (χ1n) is 6.63. The summed E-state index contributed by atoms with van der Waals surface area (Å²) in [7, 11) is 6.12. The number of carbonyl (C=O) groups excluding carboxylic acids is 1. The molecule has 0 bridgehead atoms. The van der Waals surface area contributed by atoms with E-state index < -0.39 is 0 Å². The molecule has 0 unspecified atom stereocenters. The number of ether oxygens (including phenoxy) is 4. The molecule has 0 spiro atoms. The standard InChI is InChI=1S/C17H18O5/c1-19-13-7-5-11(6-8-13)16(18)12-9-14(20-2)17(22-4)15(10-12)21-3/h5-10H,1-4H3. The maximum atomic E-state index is 12.6. The minimum Gasteiger partial charge on any atom is -0.497 e. The lowest BCUT2D eigenvalue weighted by Gasteiger charge is -2.13. The van der Waals surface area contributed by atoms with Crippen molar-refractivity contribution in [1.82, 2.24) is 0 Å². The Balaban J connectivity index is 2.44. The Kier molecular flexibility index (Phi) is 4.88. The second-order valence-electron chi connectivity index (χ2n) is 4.47. The van der Waals surface area contributed by atoms with Crippen LogP contribution in [0.15, 0.2) is 36.4 Å². The molecule has 0 amide bonds. The summed E-state index contributed by atoms with van der Waals surface area (Å²) in [5.74, 6) is 1.90. The molecular weight excluding hydrogens is 284 g/mol. The van der Waals surface area contributed by atoms with Crippen molar-refractivity contribution < 1.29 is 23.7 Å². The zero-order valence-corrected chi connectivity index (χ0v) is 13.0. The van der Waals surface area contributed by atoms with Crippen LogP contribution in [-0.2, 0) is 0 Å². The monoisotopic (exact) mass is 302 g/mol. The van der Waals surface area contributed by atoms with Gasteiger partial charge in [-0.15, -0.1) is 0 Å². The molecule has 0 radical (unpaired) electrons. The Bertz CT molecular complexity index is 636. The van der Waals surface area contributed by atoms with E-state index in [2.05, 4.69) is 0 Å². The summed E-state index contributed by atoms with van der Waals surface area (Å²) in [5.41, 5.74) is 1.01. The van der Waals surface area contributed by atoms with Crippen molar-refractivity contribution in [1.29, 1.82) is 0 Å². The van der Waals surface area contributed by atoms with Crippen LogP contribution >= 0.6 is 0 Å². The van der Waals surface area contributed by atoms with Gasteiger partial charge in [0.05, 0.1) is 28.4 Å². The van der Waals surface area contributed by atoms with Crippen LogP contribution in [0, 0.1) is 0 Å². The molecule has 2 rings (SSSR count). The molecule has 0 fully saturated rings. The SMILES string of the molecule is COc1ccc(C(=O)c2cc(OC)c(OC)c(OC)c2)cc1. The summed E-state index contributed by atoms with van der Waals surface area (Å²) in [6.45, 7) is 0. The first-order chi connectivity index (χ1) is 10.6. The molecule has 0 saturated heterocycles. The second-order valence-corrected chi connectivity index (χ2v) is 4.47. The van der Waals surface area contributed by atoms with Gasteiger partial charge in [0.2, 0.25) is 5.75 Å². The average molecular weight is 302 g/mol. The van der Waals surface area contributed by atoms with E-state index in [0.29, 0.717) is 34.1 Å². The normalized spacial score (nSPS) is 10.0. The van der Waals surface area contributed by atoms with Crippen molar-refractivity contribution >= 4 is 5.78 Å². The molecule has 116 valence electrons. The fourth-order valence-corrected chi connectivity index (χ4v) is 2.12. The summed E-state index contributed by atoms with van der Waals surface area (Å²) < 4.78 is 20.9. The van der Waals surface area contributed by atoms with E-state index in [1.54, 1.807) is 43.5 Å². The van der Waals surface area contributed by atoms with Crippen molar-refractivity contribution in [3.8, 4) is 23.0 Å². The Morgan fingerprint density at radius 1 is 0.727 bits per heavy atom. The van der Waals surface area contributed by atoms with Gasteiger partial charge in [0.25, 0.3) is 0 Å². The van der Waals surface area contributed by atoms with Gasteiger partial charge < -0.3 is 18.9 Å². The molecule has 0 aromatic heterocycles. The highest BCUT2D eigenvalue weighted by molar-refractivity contribution is 6.09. The van der Waals surface area contributed by atoms with Crippen molar-refractivity contribution in [2.24, 2.45) is 0 Å². The molecule has 0 aliphatic rings. The van der Waals surface area contributed by atoms with E-state index in [-0.39, 0.29) is 5.78 Å². The third kappa shape index (κ3) is 2.98. The van der Waals surface area contributed by atoms with Crippen molar-refractivity contribution in [2.75, 3.05) is 28.4 Å². The minimum absolute atomic E-state index is 0.137.